The number of thiazole rings is 1. The van der Waals surface area contributed by atoms with Crippen molar-refractivity contribution < 1.29 is 4.79 Å². The Bertz CT molecular complexity index is 706. The Morgan fingerprint density at radius 2 is 1.96 bits per heavy atom. The molecule has 1 N–H and O–H groups in total. The van der Waals surface area contributed by atoms with Crippen molar-refractivity contribution in [3.63, 3.8) is 0 Å². The molecule has 1 fully saturated rings. The second-order valence-electron chi connectivity index (χ2n) is 7.14. The summed E-state index contributed by atoms with van der Waals surface area (Å²) in [5, 5.41) is 6.29. The average molecular weight is 378 g/mol. The lowest BCUT2D eigenvalue weighted by atomic mass is 9.92. The molecule has 0 unspecified atom stereocenters. The van der Waals surface area contributed by atoms with Gasteiger partial charge in [0, 0.05) is 30.0 Å². The molecule has 134 valence electrons. The first kappa shape index (κ1) is 18.4. The summed E-state index contributed by atoms with van der Waals surface area (Å²) in [5.74, 6) is 1.42. The number of nitrogens with one attached hydrogen (secondary N) is 1. The molecular weight excluding hydrogens is 354 g/mol. The van der Waals surface area contributed by atoms with Crippen molar-refractivity contribution in [2.75, 3.05) is 18.4 Å². The van der Waals surface area contributed by atoms with E-state index in [0.717, 1.165) is 42.7 Å². The van der Waals surface area contributed by atoms with Gasteiger partial charge in [-0.2, -0.15) is 0 Å². The van der Waals surface area contributed by atoms with Crippen LogP contribution in [0.2, 0.25) is 5.02 Å². The van der Waals surface area contributed by atoms with Crippen molar-refractivity contribution >= 4 is 34.0 Å². The summed E-state index contributed by atoms with van der Waals surface area (Å²) in [4.78, 5) is 19.2. The SMILES string of the molecule is C[C@@H]1C[C@H](C)CN(Cc2csc(NC(=O)Cc3ccc(Cl)cc3)n2)C1. The number of hydrogen-bond donors (Lipinski definition) is 1. The number of benzene rings is 1. The number of anilines is 1. The molecule has 1 saturated heterocycles. The van der Waals surface area contributed by atoms with Gasteiger partial charge in [0.25, 0.3) is 0 Å². The quantitative estimate of drug-likeness (QED) is 0.836. The highest BCUT2D eigenvalue weighted by atomic mass is 35.5. The third kappa shape index (κ3) is 5.53. The number of amides is 1. The Labute approximate surface area is 158 Å². The van der Waals surface area contributed by atoms with E-state index in [-0.39, 0.29) is 5.91 Å². The molecule has 0 saturated carbocycles. The second-order valence-corrected chi connectivity index (χ2v) is 8.43. The molecule has 1 aliphatic rings. The lowest BCUT2D eigenvalue weighted by Crippen LogP contribution is -2.38. The maximum absolute atomic E-state index is 12.2. The minimum Gasteiger partial charge on any atom is -0.302 e. The van der Waals surface area contributed by atoms with Crippen LogP contribution in [-0.2, 0) is 17.8 Å². The molecule has 2 aromatic rings. The van der Waals surface area contributed by atoms with Crippen molar-refractivity contribution in [3.8, 4) is 0 Å². The average Bonchev–Trinajstić information content (AvgIpc) is 2.95. The van der Waals surface area contributed by atoms with Crippen LogP contribution >= 0.6 is 22.9 Å². The van der Waals surface area contributed by atoms with Gasteiger partial charge in [0.05, 0.1) is 12.1 Å². The summed E-state index contributed by atoms with van der Waals surface area (Å²) >= 11 is 7.36. The van der Waals surface area contributed by atoms with Crippen LogP contribution in [0.5, 0.6) is 0 Å². The highest BCUT2D eigenvalue weighted by molar-refractivity contribution is 7.13. The van der Waals surface area contributed by atoms with Crippen LogP contribution in [0, 0.1) is 11.8 Å². The third-order valence-corrected chi connectivity index (χ3v) is 5.46. The van der Waals surface area contributed by atoms with Crippen LogP contribution in [0.3, 0.4) is 0 Å². The number of rotatable bonds is 5. The van der Waals surface area contributed by atoms with Crippen LogP contribution in [0.1, 0.15) is 31.5 Å². The number of aromatic nitrogens is 1. The van der Waals surface area contributed by atoms with Crippen LogP contribution in [0.4, 0.5) is 5.13 Å². The van der Waals surface area contributed by atoms with Crippen molar-refractivity contribution in [1.29, 1.82) is 0 Å². The maximum Gasteiger partial charge on any atom is 0.230 e. The Hall–Kier alpha value is -1.43. The fourth-order valence-electron chi connectivity index (χ4n) is 3.54. The number of likely N-dealkylation sites (tertiary alicyclic amines) is 1. The van der Waals surface area contributed by atoms with Crippen molar-refractivity contribution in [2.24, 2.45) is 11.8 Å². The number of carbonyl (C=O) groups excluding carboxylic acids is 1. The molecule has 0 spiro atoms. The molecule has 0 bridgehead atoms. The van der Waals surface area contributed by atoms with Gasteiger partial charge in [-0.3, -0.25) is 9.69 Å². The monoisotopic (exact) mass is 377 g/mol. The smallest absolute Gasteiger partial charge is 0.230 e. The van der Waals surface area contributed by atoms with E-state index < -0.39 is 0 Å². The molecule has 6 heteroatoms. The molecule has 1 amide bonds. The van der Waals surface area contributed by atoms with E-state index in [1.165, 1.54) is 17.8 Å². The van der Waals surface area contributed by atoms with E-state index in [0.29, 0.717) is 16.6 Å². The molecule has 1 aromatic heterocycles. The van der Waals surface area contributed by atoms with Crippen molar-refractivity contribution in [2.45, 2.75) is 33.2 Å². The minimum absolute atomic E-state index is 0.0524. The molecule has 3 rings (SSSR count). The van der Waals surface area contributed by atoms with Crippen molar-refractivity contribution in [3.05, 3.63) is 45.9 Å². The van der Waals surface area contributed by atoms with Crippen LogP contribution < -0.4 is 5.32 Å². The Balaban J connectivity index is 1.52. The zero-order valence-corrected chi connectivity index (χ0v) is 16.2. The van der Waals surface area contributed by atoms with Gasteiger partial charge in [-0.25, -0.2) is 4.98 Å². The van der Waals surface area contributed by atoms with Gasteiger partial charge in [0.1, 0.15) is 0 Å². The number of carbonyl (C=O) groups is 1. The first-order valence-corrected chi connectivity index (χ1v) is 9.94. The molecule has 0 radical (unpaired) electrons. The van der Waals surface area contributed by atoms with Crippen molar-refractivity contribution in [1.82, 2.24) is 9.88 Å². The lowest BCUT2D eigenvalue weighted by Gasteiger charge is -2.34. The van der Waals surface area contributed by atoms with Gasteiger partial charge >= 0.3 is 0 Å². The molecule has 1 aliphatic heterocycles. The fourth-order valence-corrected chi connectivity index (χ4v) is 4.38. The summed E-state index contributed by atoms with van der Waals surface area (Å²) in [6.45, 7) is 7.73. The third-order valence-electron chi connectivity index (χ3n) is 4.41. The predicted octanol–water partition coefficient (Wildman–Crippen LogP) is 4.46. The van der Waals surface area contributed by atoms with Gasteiger partial charge in [0.15, 0.2) is 5.13 Å². The maximum atomic E-state index is 12.2. The molecular formula is C19H24ClN3OS. The number of hydrogen-bond acceptors (Lipinski definition) is 4. The number of piperidine rings is 1. The van der Waals surface area contributed by atoms with E-state index in [1.54, 1.807) is 12.1 Å². The summed E-state index contributed by atoms with van der Waals surface area (Å²) in [6.07, 6.45) is 1.63. The van der Waals surface area contributed by atoms with E-state index >= 15 is 0 Å². The standard InChI is InChI=1S/C19H24ClN3OS/c1-13-7-14(2)10-23(9-13)11-17-12-25-19(21-17)22-18(24)8-15-3-5-16(20)6-4-15/h3-6,12-14H,7-11H2,1-2H3,(H,21,22,24)/t13-,14+. The van der Waals surface area contributed by atoms with E-state index in [4.69, 9.17) is 11.6 Å². The number of nitrogens with zero attached hydrogens (tertiary/aromatic N) is 2. The largest absolute Gasteiger partial charge is 0.302 e. The van der Waals surface area contributed by atoms with Gasteiger partial charge in [-0.1, -0.05) is 37.6 Å². The normalized spacial score (nSPS) is 21.2. The van der Waals surface area contributed by atoms with E-state index in [1.807, 2.05) is 17.5 Å². The highest BCUT2D eigenvalue weighted by Gasteiger charge is 2.22. The molecule has 2 atom stereocenters. The van der Waals surface area contributed by atoms with Gasteiger partial charge in [-0.15, -0.1) is 11.3 Å². The highest BCUT2D eigenvalue weighted by Crippen LogP contribution is 2.24. The van der Waals surface area contributed by atoms with Crippen LogP contribution in [-0.4, -0.2) is 28.9 Å². The summed E-state index contributed by atoms with van der Waals surface area (Å²) < 4.78 is 0. The number of halogens is 1. The fraction of sp³-hybridized carbons (Fsp3) is 0.474. The molecule has 1 aromatic carbocycles. The zero-order valence-electron chi connectivity index (χ0n) is 14.7. The summed E-state index contributed by atoms with van der Waals surface area (Å²) in [5.41, 5.74) is 1.98. The summed E-state index contributed by atoms with van der Waals surface area (Å²) in [7, 11) is 0. The Morgan fingerprint density at radius 1 is 1.28 bits per heavy atom. The lowest BCUT2D eigenvalue weighted by molar-refractivity contribution is -0.115. The van der Waals surface area contributed by atoms with Crippen LogP contribution in [0.25, 0.3) is 0 Å². The van der Waals surface area contributed by atoms with Gasteiger partial charge < -0.3 is 5.32 Å². The molecule has 2 heterocycles. The van der Waals surface area contributed by atoms with Gasteiger partial charge in [0.2, 0.25) is 5.91 Å². The minimum atomic E-state index is -0.0524. The second kappa shape index (κ2) is 8.30. The molecule has 4 nitrogen and oxygen atoms in total. The van der Waals surface area contributed by atoms with Crippen LogP contribution in [0.15, 0.2) is 29.6 Å². The van der Waals surface area contributed by atoms with Gasteiger partial charge in [-0.05, 0) is 36.0 Å². The molecule has 25 heavy (non-hydrogen) atoms. The Morgan fingerprint density at radius 3 is 2.64 bits per heavy atom. The first-order chi connectivity index (χ1) is 12.0. The topological polar surface area (TPSA) is 45.2 Å². The van der Waals surface area contributed by atoms with E-state index in [2.05, 4.69) is 29.0 Å². The summed E-state index contributed by atoms with van der Waals surface area (Å²) in [6, 6.07) is 7.33. The predicted molar refractivity (Wildman–Crippen MR) is 104 cm³/mol. The van der Waals surface area contributed by atoms with E-state index in [9.17, 15) is 4.79 Å². The zero-order chi connectivity index (χ0) is 17.8. The molecule has 0 aliphatic carbocycles. The first-order valence-electron chi connectivity index (χ1n) is 8.69. The Kier molecular flexibility index (Phi) is 6.10.